The Balaban J connectivity index is 1.41. The molecule has 2 bridgehead atoms. The quantitative estimate of drug-likeness (QED) is 0.940. The van der Waals surface area contributed by atoms with Crippen LogP contribution in [0, 0.1) is 6.92 Å². The average Bonchev–Trinajstić information content (AvgIpc) is 3.28. The van der Waals surface area contributed by atoms with Gasteiger partial charge in [0.05, 0.1) is 5.69 Å². The van der Waals surface area contributed by atoms with Gasteiger partial charge in [0.2, 0.25) is 5.91 Å². The van der Waals surface area contributed by atoms with Crippen molar-refractivity contribution in [3.8, 4) is 11.3 Å². The number of fused-ring (bicyclic) bond motifs is 2. The lowest BCUT2D eigenvalue weighted by Crippen LogP contribution is -2.46. The Morgan fingerprint density at radius 3 is 2.91 bits per heavy atom. The SMILES string of the molecule is Cc1nc(CCC(=O)N2C[C@@H]3C[C@H]2CN3)oc1-c1ccccc1. The van der Waals surface area contributed by atoms with Crippen LogP contribution in [0.4, 0.5) is 0 Å². The van der Waals surface area contributed by atoms with E-state index < -0.39 is 0 Å². The summed E-state index contributed by atoms with van der Waals surface area (Å²) in [5.41, 5.74) is 1.90. The number of nitrogens with one attached hydrogen (secondary N) is 1. The van der Waals surface area contributed by atoms with Gasteiger partial charge in [-0.25, -0.2) is 4.98 Å². The number of rotatable bonds is 4. The Hall–Kier alpha value is -2.14. The highest BCUT2D eigenvalue weighted by Crippen LogP contribution is 2.26. The molecule has 5 heteroatoms. The zero-order valence-corrected chi connectivity index (χ0v) is 13.3. The van der Waals surface area contributed by atoms with Gasteiger partial charge in [-0.1, -0.05) is 30.3 Å². The highest BCUT2D eigenvalue weighted by molar-refractivity contribution is 5.77. The summed E-state index contributed by atoms with van der Waals surface area (Å²) in [6, 6.07) is 10.9. The van der Waals surface area contributed by atoms with Crippen molar-refractivity contribution in [2.45, 2.75) is 38.3 Å². The lowest BCUT2D eigenvalue weighted by atomic mass is 10.1. The molecule has 2 aromatic rings. The fourth-order valence-electron chi connectivity index (χ4n) is 3.64. The van der Waals surface area contributed by atoms with E-state index in [1.807, 2.05) is 42.2 Å². The Labute approximate surface area is 135 Å². The van der Waals surface area contributed by atoms with E-state index in [-0.39, 0.29) is 5.91 Å². The van der Waals surface area contributed by atoms with Crippen LogP contribution >= 0.6 is 0 Å². The molecule has 1 aromatic heterocycles. The number of piperazine rings is 1. The number of carbonyl (C=O) groups excluding carboxylic acids is 1. The third kappa shape index (κ3) is 2.77. The molecule has 2 atom stereocenters. The summed E-state index contributed by atoms with van der Waals surface area (Å²) >= 11 is 0. The predicted molar refractivity (Wildman–Crippen MR) is 86.9 cm³/mol. The molecule has 1 amide bonds. The number of benzene rings is 1. The molecule has 2 fully saturated rings. The molecule has 3 heterocycles. The maximum Gasteiger partial charge on any atom is 0.223 e. The second-order valence-electron chi connectivity index (χ2n) is 6.43. The van der Waals surface area contributed by atoms with Crippen LogP contribution in [0.1, 0.15) is 24.4 Å². The van der Waals surface area contributed by atoms with Gasteiger partial charge in [-0.05, 0) is 13.3 Å². The highest BCUT2D eigenvalue weighted by Gasteiger charge is 2.39. The van der Waals surface area contributed by atoms with Gasteiger partial charge < -0.3 is 14.6 Å². The van der Waals surface area contributed by atoms with E-state index in [2.05, 4.69) is 10.3 Å². The highest BCUT2D eigenvalue weighted by atomic mass is 16.4. The number of amides is 1. The van der Waals surface area contributed by atoms with Crippen LogP contribution in [0.2, 0.25) is 0 Å². The lowest BCUT2D eigenvalue weighted by molar-refractivity contribution is -0.132. The summed E-state index contributed by atoms with van der Waals surface area (Å²) < 4.78 is 5.88. The number of oxazole rings is 1. The van der Waals surface area contributed by atoms with Crippen molar-refractivity contribution in [3.63, 3.8) is 0 Å². The number of hydrogen-bond acceptors (Lipinski definition) is 4. The van der Waals surface area contributed by atoms with Gasteiger partial charge in [-0.15, -0.1) is 0 Å². The minimum atomic E-state index is 0.219. The number of hydrogen-bond donors (Lipinski definition) is 1. The van der Waals surface area contributed by atoms with Crippen molar-refractivity contribution in [1.29, 1.82) is 0 Å². The number of carbonyl (C=O) groups is 1. The molecule has 4 rings (SSSR count). The van der Waals surface area contributed by atoms with E-state index in [1.54, 1.807) is 0 Å². The molecule has 0 aliphatic carbocycles. The fourth-order valence-corrected chi connectivity index (χ4v) is 3.64. The van der Waals surface area contributed by atoms with E-state index in [0.717, 1.165) is 36.5 Å². The molecule has 0 radical (unpaired) electrons. The summed E-state index contributed by atoms with van der Waals surface area (Å²) in [4.78, 5) is 18.9. The van der Waals surface area contributed by atoms with Crippen LogP contribution in [0.5, 0.6) is 0 Å². The molecule has 2 aliphatic heterocycles. The molecule has 0 unspecified atom stereocenters. The first-order valence-corrected chi connectivity index (χ1v) is 8.25. The van der Waals surface area contributed by atoms with E-state index >= 15 is 0 Å². The first-order chi connectivity index (χ1) is 11.2. The van der Waals surface area contributed by atoms with Crippen LogP contribution in [-0.2, 0) is 11.2 Å². The number of aromatic nitrogens is 1. The minimum Gasteiger partial charge on any atom is -0.440 e. The van der Waals surface area contributed by atoms with Crippen molar-refractivity contribution in [1.82, 2.24) is 15.2 Å². The summed E-state index contributed by atoms with van der Waals surface area (Å²) in [5, 5.41) is 3.42. The van der Waals surface area contributed by atoms with Crippen LogP contribution < -0.4 is 5.32 Å². The van der Waals surface area contributed by atoms with Crippen LogP contribution in [0.3, 0.4) is 0 Å². The van der Waals surface area contributed by atoms with Crippen molar-refractivity contribution >= 4 is 5.91 Å². The molecular weight excluding hydrogens is 290 g/mol. The Kier molecular flexibility index (Phi) is 3.65. The molecule has 5 nitrogen and oxygen atoms in total. The average molecular weight is 311 g/mol. The molecular formula is C18H21N3O2. The topological polar surface area (TPSA) is 58.4 Å². The first kappa shape index (κ1) is 14.5. The van der Waals surface area contributed by atoms with Gasteiger partial charge in [-0.3, -0.25) is 4.79 Å². The minimum absolute atomic E-state index is 0.219. The smallest absolute Gasteiger partial charge is 0.223 e. The first-order valence-electron chi connectivity index (χ1n) is 8.25. The lowest BCUT2D eigenvalue weighted by Gasteiger charge is -2.27. The zero-order valence-electron chi connectivity index (χ0n) is 13.3. The number of aryl methyl sites for hydroxylation is 2. The Bertz CT molecular complexity index is 710. The molecule has 120 valence electrons. The molecule has 1 aromatic carbocycles. The molecule has 2 aliphatic rings. The summed E-state index contributed by atoms with van der Waals surface area (Å²) in [7, 11) is 0. The van der Waals surface area contributed by atoms with Gasteiger partial charge in [0, 0.05) is 43.6 Å². The Morgan fingerprint density at radius 2 is 2.22 bits per heavy atom. The van der Waals surface area contributed by atoms with Crippen LogP contribution in [0.25, 0.3) is 11.3 Å². The predicted octanol–water partition coefficient (Wildman–Crippen LogP) is 2.16. The Morgan fingerprint density at radius 1 is 1.39 bits per heavy atom. The van der Waals surface area contributed by atoms with Gasteiger partial charge in [0.25, 0.3) is 0 Å². The summed E-state index contributed by atoms with van der Waals surface area (Å²) in [6.07, 6.45) is 2.13. The fraction of sp³-hybridized carbons (Fsp3) is 0.444. The number of likely N-dealkylation sites (tertiary alicyclic amines) is 1. The molecule has 0 spiro atoms. The van der Waals surface area contributed by atoms with Gasteiger partial charge in [0.1, 0.15) is 0 Å². The van der Waals surface area contributed by atoms with E-state index in [4.69, 9.17) is 4.42 Å². The zero-order chi connectivity index (χ0) is 15.8. The summed E-state index contributed by atoms with van der Waals surface area (Å²) in [5.74, 6) is 1.67. The monoisotopic (exact) mass is 311 g/mol. The van der Waals surface area contributed by atoms with Gasteiger partial charge in [0.15, 0.2) is 11.7 Å². The van der Waals surface area contributed by atoms with Crippen LogP contribution in [-0.4, -0.2) is 41.0 Å². The maximum atomic E-state index is 12.4. The van der Waals surface area contributed by atoms with E-state index in [1.165, 1.54) is 0 Å². The third-order valence-corrected chi connectivity index (χ3v) is 4.81. The second kappa shape index (κ2) is 5.81. The number of nitrogens with zero attached hydrogens (tertiary/aromatic N) is 2. The third-order valence-electron chi connectivity index (χ3n) is 4.81. The summed E-state index contributed by atoms with van der Waals surface area (Å²) in [6.45, 7) is 3.73. The molecule has 2 saturated heterocycles. The normalized spacial score (nSPS) is 22.7. The second-order valence-corrected chi connectivity index (χ2v) is 6.43. The molecule has 1 N–H and O–H groups in total. The standard InChI is InChI=1S/C18H21N3O2/c1-12-18(13-5-3-2-4-6-13)23-16(20-12)7-8-17(22)21-11-14-9-15(21)10-19-14/h2-6,14-15,19H,7-11H2,1H3/t14-,15-/m0/s1. The van der Waals surface area contributed by atoms with Crippen molar-refractivity contribution in [2.75, 3.05) is 13.1 Å². The van der Waals surface area contributed by atoms with Crippen molar-refractivity contribution < 1.29 is 9.21 Å². The molecule has 0 saturated carbocycles. The maximum absolute atomic E-state index is 12.4. The van der Waals surface area contributed by atoms with Gasteiger partial charge in [-0.2, -0.15) is 0 Å². The van der Waals surface area contributed by atoms with Gasteiger partial charge >= 0.3 is 0 Å². The van der Waals surface area contributed by atoms with Crippen molar-refractivity contribution in [2.24, 2.45) is 0 Å². The van der Waals surface area contributed by atoms with Crippen molar-refractivity contribution in [3.05, 3.63) is 41.9 Å². The van der Waals surface area contributed by atoms with Crippen LogP contribution in [0.15, 0.2) is 34.7 Å². The van der Waals surface area contributed by atoms with E-state index in [9.17, 15) is 4.79 Å². The largest absolute Gasteiger partial charge is 0.440 e. The molecule has 23 heavy (non-hydrogen) atoms. The van der Waals surface area contributed by atoms with E-state index in [0.29, 0.717) is 30.8 Å².